The van der Waals surface area contributed by atoms with E-state index in [2.05, 4.69) is 6.92 Å². The zero-order chi connectivity index (χ0) is 30.2. The summed E-state index contributed by atoms with van der Waals surface area (Å²) in [5.41, 5.74) is 2.66. The van der Waals surface area contributed by atoms with Crippen LogP contribution in [-0.4, -0.2) is 47.8 Å². The highest BCUT2D eigenvalue weighted by atomic mass is 16.5. The van der Waals surface area contributed by atoms with Crippen molar-refractivity contribution in [1.82, 2.24) is 9.55 Å². The first-order valence-corrected chi connectivity index (χ1v) is 14.0. The maximum Gasteiger partial charge on any atom is 0.342 e. The minimum atomic E-state index is -0.821. The van der Waals surface area contributed by atoms with E-state index in [0.717, 1.165) is 35.4 Å². The molecule has 218 valence electrons. The number of esters is 3. The molecule has 0 aliphatic heterocycles. The third-order valence-corrected chi connectivity index (χ3v) is 6.85. The maximum atomic E-state index is 13.3. The number of imidazole rings is 1. The predicted octanol–water partition coefficient (Wildman–Crippen LogP) is 5.59. The molecule has 0 saturated carbocycles. The van der Waals surface area contributed by atoms with E-state index in [4.69, 9.17) is 19.2 Å². The van der Waals surface area contributed by atoms with Crippen molar-refractivity contribution in [3.8, 4) is 11.1 Å². The quantitative estimate of drug-likeness (QED) is 0.169. The molecule has 4 rings (SSSR count). The number of unbranched alkanes of at least 4 members (excludes halogenated alkanes) is 1. The smallest absolute Gasteiger partial charge is 0.342 e. The van der Waals surface area contributed by atoms with Crippen LogP contribution in [0.1, 0.15) is 76.1 Å². The molecule has 1 heterocycles. The van der Waals surface area contributed by atoms with Gasteiger partial charge in [-0.1, -0.05) is 55.8 Å². The van der Waals surface area contributed by atoms with Crippen LogP contribution in [0.3, 0.4) is 0 Å². The third kappa shape index (κ3) is 6.40. The van der Waals surface area contributed by atoms with Crippen LogP contribution in [0.15, 0.2) is 65.5 Å². The summed E-state index contributed by atoms with van der Waals surface area (Å²) in [6.07, 6.45) is 2.48. The number of carbonyl (C=O) groups is 3. The summed E-state index contributed by atoms with van der Waals surface area (Å²) in [6, 6.07) is 17.9. The molecule has 9 nitrogen and oxygen atoms in total. The van der Waals surface area contributed by atoms with Gasteiger partial charge in [0.05, 0.1) is 36.9 Å². The largest absolute Gasteiger partial charge is 0.465 e. The van der Waals surface area contributed by atoms with Gasteiger partial charge in [0, 0.05) is 13.0 Å². The summed E-state index contributed by atoms with van der Waals surface area (Å²) in [5, 5.41) is 0. The molecular formula is C33H34N2O7. The van der Waals surface area contributed by atoms with Gasteiger partial charge in [-0.25, -0.2) is 19.4 Å². The van der Waals surface area contributed by atoms with Crippen LogP contribution in [0, 0.1) is 0 Å². The van der Waals surface area contributed by atoms with Gasteiger partial charge in [-0.2, -0.15) is 0 Å². The molecular weight excluding hydrogens is 536 g/mol. The highest BCUT2D eigenvalue weighted by Crippen LogP contribution is 2.26. The Kier molecular flexibility index (Phi) is 9.85. The molecule has 4 aromatic rings. The van der Waals surface area contributed by atoms with Crippen LogP contribution in [0.25, 0.3) is 22.2 Å². The number of hydrogen-bond donors (Lipinski definition) is 0. The fourth-order valence-electron chi connectivity index (χ4n) is 4.76. The summed E-state index contributed by atoms with van der Waals surface area (Å²) >= 11 is 0. The second kappa shape index (κ2) is 13.7. The molecule has 0 atom stereocenters. The first-order chi connectivity index (χ1) is 20.3. The Bertz CT molecular complexity index is 1670. The minimum Gasteiger partial charge on any atom is -0.465 e. The van der Waals surface area contributed by atoms with E-state index in [1.807, 2.05) is 41.0 Å². The van der Waals surface area contributed by atoms with Gasteiger partial charge in [-0.3, -0.25) is 4.79 Å². The van der Waals surface area contributed by atoms with Crippen molar-refractivity contribution in [2.24, 2.45) is 0 Å². The normalized spacial score (nSPS) is 10.9. The van der Waals surface area contributed by atoms with Gasteiger partial charge in [0.1, 0.15) is 17.0 Å². The molecule has 0 aliphatic rings. The molecule has 42 heavy (non-hydrogen) atoms. The van der Waals surface area contributed by atoms with Gasteiger partial charge in [0.15, 0.2) is 0 Å². The number of aryl methyl sites for hydroxylation is 1. The lowest BCUT2D eigenvalue weighted by Crippen LogP contribution is -2.22. The minimum absolute atomic E-state index is 0.0707. The lowest BCUT2D eigenvalue weighted by molar-refractivity contribution is 0.0521. The van der Waals surface area contributed by atoms with E-state index in [9.17, 15) is 19.2 Å². The molecule has 0 saturated heterocycles. The van der Waals surface area contributed by atoms with E-state index < -0.39 is 23.3 Å². The number of hydrogen-bond acceptors (Lipinski definition) is 8. The average molecular weight is 571 g/mol. The van der Waals surface area contributed by atoms with Crippen molar-refractivity contribution in [3.63, 3.8) is 0 Å². The molecule has 0 amide bonds. The monoisotopic (exact) mass is 570 g/mol. The van der Waals surface area contributed by atoms with Gasteiger partial charge in [-0.15, -0.1) is 0 Å². The van der Waals surface area contributed by atoms with E-state index in [1.165, 1.54) is 19.2 Å². The summed E-state index contributed by atoms with van der Waals surface area (Å²) in [6.45, 7) is 5.91. The number of ether oxygens (including phenoxy) is 3. The number of benzene rings is 2. The number of rotatable bonds is 11. The number of fused-ring (bicyclic) bond motifs is 1. The topological polar surface area (TPSA) is 114 Å². The van der Waals surface area contributed by atoms with Crippen molar-refractivity contribution in [2.75, 3.05) is 20.3 Å². The van der Waals surface area contributed by atoms with Crippen LogP contribution in [0.5, 0.6) is 0 Å². The number of methoxy groups -OCH3 is 1. The Labute approximate surface area is 244 Å². The summed E-state index contributed by atoms with van der Waals surface area (Å²) in [5.74, 6) is -1.29. The Morgan fingerprint density at radius 2 is 1.45 bits per heavy atom. The number of carbonyl (C=O) groups excluding carboxylic acids is 3. The van der Waals surface area contributed by atoms with Crippen LogP contribution in [0.4, 0.5) is 0 Å². The highest BCUT2D eigenvalue weighted by Gasteiger charge is 2.23. The first-order valence-electron chi connectivity index (χ1n) is 14.0. The Morgan fingerprint density at radius 1 is 0.810 bits per heavy atom. The lowest BCUT2D eigenvalue weighted by Gasteiger charge is -2.12. The van der Waals surface area contributed by atoms with Gasteiger partial charge in [0.2, 0.25) is 5.43 Å². The van der Waals surface area contributed by atoms with Gasteiger partial charge < -0.3 is 18.8 Å². The molecule has 0 spiro atoms. The van der Waals surface area contributed by atoms with E-state index in [0.29, 0.717) is 29.6 Å². The Hall–Kier alpha value is -4.79. The highest BCUT2D eigenvalue weighted by molar-refractivity contribution is 5.99. The Morgan fingerprint density at radius 3 is 2.07 bits per heavy atom. The molecule has 0 radical (unpaired) electrons. The van der Waals surface area contributed by atoms with Crippen LogP contribution < -0.4 is 5.43 Å². The van der Waals surface area contributed by atoms with E-state index in [1.54, 1.807) is 26.0 Å². The molecule has 0 aliphatic carbocycles. The molecule has 0 unspecified atom stereocenters. The van der Waals surface area contributed by atoms with Crippen molar-refractivity contribution < 1.29 is 28.6 Å². The zero-order valence-corrected chi connectivity index (χ0v) is 24.3. The van der Waals surface area contributed by atoms with Crippen molar-refractivity contribution in [3.05, 3.63) is 99.0 Å². The molecule has 9 heteroatoms. The number of aromatic nitrogens is 2. The van der Waals surface area contributed by atoms with Gasteiger partial charge in [-0.05, 0) is 55.2 Å². The van der Waals surface area contributed by atoms with Crippen molar-refractivity contribution in [2.45, 2.75) is 46.6 Å². The molecule has 0 N–H and O–H groups in total. The van der Waals surface area contributed by atoms with Crippen molar-refractivity contribution in [1.29, 1.82) is 0 Å². The average Bonchev–Trinajstić information content (AvgIpc) is 3.23. The van der Waals surface area contributed by atoms with E-state index in [-0.39, 0.29) is 24.3 Å². The van der Waals surface area contributed by atoms with Gasteiger partial charge in [0.25, 0.3) is 0 Å². The number of nitrogens with zero attached hydrogens (tertiary/aromatic N) is 2. The van der Waals surface area contributed by atoms with Gasteiger partial charge >= 0.3 is 17.9 Å². The van der Waals surface area contributed by atoms with Crippen LogP contribution in [-0.2, 0) is 27.2 Å². The second-order valence-electron chi connectivity index (χ2n) is 9.61. The third-order valence-electron chi connectivity index (χ3n) is 6.85. The molecule has 0 bridgehead atoms. The standard InChI is InChI=1S/C33H34N2O7/c1-5-8-13-29-34-27-18-25(32(38)41-6-2)30(36)26(33(39)42-7-3)19-28(27)35(29)20-21-14-16-22(17-15-21)23-11-9-10-12-24(23)31(37)40-4/h9-12,14-19H,5-8,13,20H2,1-4H3. The second-order valence-corrected chi connectivity index (χ2v) is 9.61. The zero-order valence-electron chi connectivity index (χ0n) is 24.3. The van der Waals surface area contributed by atoms with Crippen molar-refractivity contribution >= 4 is 28.9 Å². The first kappa shape index (κ1) is 30.2. The fourth-order valence-corrected chi connectivity index (χ4v) is 4.76. The maximum absolute atomic E-state index is 13.3. The lowest BCUT2D eigenvalue weighted by atomic mass is 9.98. The fraction of sp³-hybridized carbons (Fsp3) is 0.303. The summed E-state index contributed by atoms with van der Waals surface area (Å²) in [7, 11) is 1.35. The predicted molar refractivity (Wildman–Crippen MR) is 159 cm³/mol. The summed E-state index contributed by atoms with van der Waals surface area (Å²) < 4.78 is 17.2. The van der Waals surface area contributed by atoms with Crippen LogP contribution >= 0.6 is 0 Å². The van der Waals surface area contributed by atoms with E-state index >= 15 is 0 Å². The summed E-state index contributed by atoms with van der Waals surface area (Å²) in [4.78, 5) is 56.0. The SMILES string of the molecule is CCCCc1nc2cc(C(=O)OCC)c(=O)c(C(=O)OCC)cc2n1Cc1ccc(-c2ccccc2C(=O)OC)cc1. The molecule has 3 aromatic carbocycles. The van der Waals surface area contributed by atoms with Crippen LogP contribution in [0.2, 0.25) is 0 Å². The molecule has 0 fully saturated rings. The molecule has 1 aromatic heterocycles. The Balaban J connectivity index is 1.85.